The van der Waals surface area contributed by atoms with Crippen molar-refractivity contribution in [1.82, 2.24) is 5.32 Å². The maximum Gasteiger partial charge on any atom is 0.159 e. The first-order valence-electron chi connectivity index (χ1n) is 19.5. The lowest BCUT2D eigenvalue weighted by Gasteiger charge is -2.30. The van der Waals surface area contributed by atoms with Crippen molar-refractivity contribution in [3.8, 4) is 11.1 Å². The molecule has 0 spiro atoms. The topological polar surface area (TPSA) is 53.1 Å². The van der Waals surface area contributed by atoms with E-state index in [1.807, 2.05) is 6.07 Å². The number of amidine groups is 2. The maximum absolute atomic E-state index is 6.66. The number of aliphatic imine (C=N–C) groups is 2. The summed E-state index contributed by atoms with van der Waals surface area (Å²) in [7, 11) is 0. The van der Waals surface area contributed by atoms with E-state index in [9.17, 15) is 0 Å². The Kier molecular flexibility index (Phi) is 7.76. The predicted octanol–water partition coefficient (Wildman–Crippen LogP) is 12.2. The van der Waals surface area contributed by atoms with Crippen LogP contribution in [0.25, 0.3) is 38.6 Å². The van der Waals surface area contributed by atoms with E-state index in [1.165, 1.54) is 22.4 Å². The molecule has 2 aliphatic heterocycles. The number of fused-ring (bicyclic) bond motifs is 6. The summed E-state index contributed by atoms with van der Waals surface area (Å²) in [6.45, 7) is 0. The standard InChI is InChI=1S/C51H38N4O/c1-4-13-33(14-5-1)38-27-29-42-41-19-10-11-21-44(41)55(45(42)31-38)39-28-30-43-47(32-39)56-46-22-12-20-40(48(43)46)34-23-25-37(26-24-34)51-53-49(35-15-6-2-7-16-35)52-50(54-51)36-17-8-3-9-18-36/h1-2,4-8,10-32,42,45,49H,3,9H2,(H,52,53,54). The number of nitrogens with zero attached hydrogens (tertiary/aromatic N) is 3. The first-order valence-corrected chi connectivity index (χ1v) is 19.5. The fourth-order valence-electron chi connectivity index (χ4n) is 8.79. The summed E-state index contributed by atoms with van der Waals surface area (Å²) in [6.07, 6.45) is 15.5. The van der Waals surface area contributed by atoms with Gasteiger partial charge in [-0.05, 0) is 70.5 Å². The molecule has 0 bridgehead atoms. The Labute approximate surface area is 326 Å². The van der Waals surface area contributed by atoms with Gasteiger partial charge >= 0.3 is 0 Å². The highest BCUT2D eigenvalue weighted by atomic mass is 16.3. The van der Waals surface area contributed by atoms with Crippen molar-refractivity contribution >= 4 is 50.6 Å². The van der Waals surface area contributed by atoms with Crippen LogP contribution in [-0.4, -0.2) is 17.7 Å². The number of hydrogen-bond donors (Lipinski definition) is 1. The lowest BCUT2D eigenvalue weighted by Crippen LogP contribution is -2.33. The van der Waals surface area contributed by atoms with Crippen LogP contribution in [0, 0.1) is 0 Å². The largest absolute Gasteiger partial charge is 0.456 e. The minimum absolute atomic E-state index is 0.160. The number of hydrogen-bond acceptors (Lipinski definition) is 5. The highest BCUT2D eigenvalue weighted by molar-refractivity contribution is 6.15. The Morgan fingerprint density at radius 1 is 0.661 bits per heavy atom. The normalized spacial score (nSPS) is 19.9. The first-order chi connectivity index (χ1) is 27.7. The lowest BCUT2D eigenvalue weighted by atomic mass is 9.87. The molecule has 0 saturated heterocycles. The third kappa shape index (κ3) is 5.54. The molecule has 6 aromatic carbocycles. The molecular weight excluding hydrogens is 685 g/mol. The smallest absolute Gasteiger partial charge is 0.159 e. The molecule has 3 heterocycles. The predicted molar refractivity (Wildman–Crippen MR) is 231 cm³/mol. The van der Waals surface area contributed by atoms with E-state index < -0.39 is 0 Å². The molecule has 0 saturated carbocycles. The van der Waals surface area contributed by atoms with Crippen molar-refractivity contribution < 1.29 is 4.42 Å². The fraction of sp³-hybridized carbons (Fsp3) is 0.0980. The van der Waals surface area contributed by atoms with Crippen molar-refractivity contribution in [3.05, 3.63) is 210 Å². The highest BCUT2D eigenvalue weighted by Crippen LogP contribution is 2.50. The van der Waals surface area contributed by atoms with Gasteiger partial charge in [-0.25, -0.2) is 9.98 Å². The highest BCUT2D eigenvalue weighted by Gasteiger charge is 2.38. The van der Waals surface area contributed by atoms with Crippen LogP contribution in [-0.2, 0) is 0 Å². The van der Waals surface area contributed by atoms with E-state index in [0.29, 0.717) is 0 Å². The van der Waals surface area contributed by atoms with Gasteiger partial charge in [-0.3, -0.25) is 0 Å². The number of allylic oxidation sites excluding steroid dienone is 4. The summed E-state index contributed by atoms with van der Waals surface area (Å²) < 4.78 is 6.66. The van der Waals surface area contributed by atoms with Gasteiger partial charge in [0.2, 0.25) is 0 Å². The minimum atomic E-state index is -0.220. The van der Waals surface area contributed by atoms with Gasteiger partial charge in [-0.2, -0.15) is 0 Å². The average molecular weight is 723 g/mol. The van der Waals surface area contributed by atoms with Crippen LogP contribution in [0.3, 0.4) is 0 Å². The minimum Gasteiger partial charge on any atom is -0.456 e. The number of anilines is 2. The van der Waals surface area contributed by atoms with E-state index in [1.54, 1.807) is 0 Å². The molecule has 3 atom stereocenters. The molecule has 7 aromatic rings. The average Bonchev–Trinajstić information content (AvgIpc) is 3.82. The van der Waals surface area contributed by atoms with Crippen LogP contribution in [0.1, 0.15) is 47.2 Å². The molecule has 1 aromatic heterocycles. The zero-order valence-electron chi connectivity index (χ0n) is 30.7. The van der Waals surface area contributed by atoms with Crippen molar-refractivity contribution in [3.63, 3.8) is 0 Å². The van der Waals surface area contributed by atoms with Crippen molar-refractivity contribution in [2.75, 3.05) is 4.90 Å². The zero-order valence-corrected chi connectivity index (χ0v) is 30.7. The molecule has 268 valence electrons. The quantitative estimate of drug-likeness (QED) is 0.186. The molecule has 3 unspecified atom stereocenters. The molecule has 2 aliphatic carbocycles. The maximum atomic E-state index is 6.66. The SMILES string of the molecule is C1=CC(C2=NC(c3ccccc3)NC(c3ccc(-c4cccc5oc6cc(N7c8ccccc8C8C=CC(c9ccccc9)=CC87)ccc6c45)cc3)=N2)=CCC1. The monoisotopic (exact) mass is 722 g/mol. The number of benzene rings is 6. The van der Waals surface area contributed by atoms with E-state index >= 15 is 0 Å². The van der Waals surface area contributed by atoms with Gasteiger partial charge < -0.3 is 14.6 Å². The zero-order chi connectivity index (χ0) is 37.0. The van der Waals surface area contributed by atoms with Crippen LogP contribution in [0.15, 0.2) is 202 Å². The molecule has 11 rings (SSSR count). The second-order valence-corrected chi connectivity index (χ2v) is 14.8. The Bertz CT molecular complexity index is 2840. The van der Waals surface area contributed by atoms with Crippen LogP contribution in [0.5, 0.6) is 0 Å². The number of furan rings is 1. The molecule has 0 fully saturated rings. The van der Waals surface area contributed by atoms with E-state index in [4.69, 9.17) is 14.4 Å². The second kappa shape index (κ2) is 13.4. The van der Waals surface area contributed by atoms with E-state index in [2.05, 4.69) is 186 Å². The summed E-state index contributed by atoms with van der Waals surface area (Å²) in [6, 6.07) is 51.8. The molecule has 0 amide bonds. The van der Waals surface area contributed by atoms with Crippen LogP contribution in [0.2, 0.25) is 0 Å². The number of nitrogens with one attached hydrogen (secondary N) is 1. The molecule has 0 radical (unpaired) electrons. The van der Waals surface area contributed by atoms with Crippen LogP contribution >= 0.6 is 0 Å². The van der Waals surface area contributed by atoms with E-state index in [-0.39, 0.29) is 18.1 Å². The third-order valence-corrected chi connectivity index (χ3v) is 11.5. The summed E-state index contributed by atoms with van der Waals surface area (Å²) in [5.74, 6) is 1.86. The van der Waals surface area contributed by atoms with Crippen LogP contribution in [0.4, 0.5) is 11.4 Å². The Morgan fingerprint density at radius 3 is 2.30 bits per heavy atom. The number of rotatable bonds is 6. The number of para-hydroxylation sites is 1. The van der Waals surface area contributed by atoms with Gasteiger partial charge in [0.05, 0.1) is 6.04 Å². The summed E-state index contributed by atoms with van der Waals surface area (Å²) in [5.41, 5.74) is 13.4. The summed E-state index contributed by atoms with van der Waals surface area (Å²) in [5, 5.41) is 5.84. The van der Waals surface area contributed by atoms with Gasteiger partial charge in [0.15, 0.2) is 5.84 Å². The van der Waals surface area contributed by atoms with Gasteiger partial charge in [0.1, 0.15) is 23.2 Å². The third-order valence-electron chi connectivity index (χ3n) is 11.5. The Morgan fingerprint density at radius 2 is 1.46 bits per heavy atom. The molecule has 4 aliphatic rings. The van der Waals surface area contributed by atoms with Gasteiger partial charge in [0, 0.05) is 45.3 Å². The van der Waals surface area contributed by atoms with Gasteiger partial charge in [0.25, 0.3) is 0 Å². The van der Waals surface area contributed by atoms with Crippen molar-refractivity contribution in [2.24, 2.45) is 9.98 Å². The van der Waals surface area contributed by atoms with Crippen molar-refractivity contribution in [2.45, 2.75) is 31.0 Å². The molecule has 56 heavy (non-hydrogen) atoms. The summed E-state index contributed by atoms with van der Waals surface area (Å²) in [4.78, 5) is 12.6. The van der Waals surface area contributed by atoms with E-state index in [0.717, 1.165) is 80.0 Å². The van der Waals surface area contributed by atoms with Gasteiger partial charge in [-0.1, -0.05) is 152 Å². The second-order valence-electron chi connectivity index (χ2n) is 14.8. The van der Waals surface area contributed by atoms with Crippen LogP contribution < -0.4 is 10.2 Å². The Hall–Kier alpha value is -6.98. The van der Waals surface area contributed by atoms with Gasteiger partial charge in [-0.15, -0.1) is 0 Å². The molecular formula is C51H38N4O. The summed E-state index contributed by atoms with van der Waals surface area (Å²) >= 11 is 0. The Balaban J connectivity index is 0.944. The molecule has 5 heteroatoms. The lowest BCUT2D eigenvalue weighted by molar-refractivity contribution is 0.668. The molecule has 5 nitrogen and oxygen atoms in total. The fourth-order valence-corrected chi connectivity index (χ4v) is 8.79. The first kappa shape index (κ1) is 32.5. The van der Waals surface area contributed by atoms with Crippen molar-refractivity contribution in [1.29, 1.82) is 0 Å². The molecule has 1 N–H and O–H groups in total.